The van der Waals surface area contributed by atoms with E-state index in [0.717, 1.165) is 25.0 Å². The van der Waals surface area contributed by atoms with Gasteiger partial charge in [-0.2, -0.15) is 0 Å². The van der Waals surface area contributed by atoms with Gasteiger partial charge >= 0.3 is 44.2 Å². The van der Waals surface area contributed by atoms with Gasteiger partial charge in [0.05, 0.1) is 0 Å². The third-order valence-electron chi connectivity index (χ3n) is 1.20. The van der Waals surface area contributed by atoms with Crippen LogP contribution in [0.2, 0.25) is 0 Å². The molecular weight excluding hydrogens is 84.9 g/mol. The zero-order chi connectivity index (χ0) is 5.11. The van der Waals surface area contributed by atoms with Crippen LogP contribution in [-0.4, -0.2) is 26.0 Å². The molecule has 2 heteroatoms. The van der Waals surface area contributed by atoms with Crippen molar-refractivity contribution in [1.29, 1.82) is 0 Å². The van der Waals surface area contributed by atoms with Crippen molar-refractivity contribution in [2.45, 2.75) is 12.8 Å². The molecule has 7 heavy (non-hydrogen) atoms. The molecule has 1 N–H and O–H groups in total. The Bertz CT molecular complexity index is 72.1. The first-order valence-corrected chi connectivity index (χ1v) is 2.70. The minimum absolute atomic E-state index is 0.931. The van der Waals surface area contributed by atoms with Gasteiger partial charge < -0.3 is 0 Å². The molecule has 0 bridgehead atoms. The molecule has 1 heterocycles. The summed E-state index contributed by atoms with van der Waals surface area (Å²) >= 11 is 0. The Morgan fingerprint density at radius 2 is 2.43 bits per heavy atom. The third kappa shape index (κ3) is 1.43. The van der Waals surface area contributed by atoms with E-state index >= 15 is 0 Å². The van der Waals surface area contributed by atoms with E-state index in [1.807, 2.05) is 0 Å². The molecule has 0 unspecified atom stereocenters. The van der Waals surface area contributed by atoms with E-state index in [1.54, 1.807) is 0 Å². The van der Waals surface area contributed by atoms with E-state index in [0.29, 0.717) is 0 Å². The molecule has 0 spiro atoms. The van der Waals surface area contributed by atoms with Gasteiger partial charge in [-0.25, -0.2) is 0 Å². The molecule has 1 radical (unpaired) electrons. The predicted octanol–water partition coefficient (Wildman–Crippen LogP) is -0.289. The van der Waals surface area contributed by atoms with Crippen molar-refractivity contribution in [2.24, 2.45) is 0 Å². The Kier molecular flexibility index (Phi) is 1.63. The van der Waals surface area contributed by atoms with Gasteiger partial charge in [0.2, 0.25) is 0 Å². The molecule has 1 fully saturated rings. The Labute approximate surface area is 45.2 Å². The van der Waals surface area contributed by atoms with Crippen LogP contribution in [0.1, 0.15) is 12.8 Å². The first-order chi connectivity index (χ1) is 3.39. The maximum absolute atomic E-state index is 5.49. The molecule has 0 aromatic rings. The average Bonchev–Trinajstić information content (AvgIpc) is 1.69. The van der Waals surface area contributed by atoms with Crippen LogP contribution in [-0.2, 0) is 0 Å². The number of hydrogen-bond donors (Lipinski definition) is 1. The van der Waals surface area contributed by atoms with E-state index in [-0.39, 0.29) is 0 Å². The van der Waals surface area contributed by atoms with Crippen LogP contribution < -0.4 is 5.32 Å². The molecule has 0 aromatic heterocycles. The Morgan fingerprint density at radius 1 is 1.57 bits per heavy atom. The van der Waals surface area contributed by atoms with Crippen LogP contribution in [0.5, 0.6) is 0 Å². The van der Waals surface area contributed by atoms with Crippen LogP contribution >= 0.6 is 0 Å². The first kappa shape index (κ1) is 5.04. The molecule has 1 aliphatic heterocycles. The average molecular weight is 93.9 g/mol. The normalized spacial score (nSPS) is 22.4. The fourth-order valence-corrected chi connectivity index (χ4v) is 0.778. The van der Waals surface area contributed by atoms with Crippen molar-refractivity contribution in [1.82, 2.24) is 5.32 Å². The van der Waals surface area contributed by atoms with Crippen LogP contribution in [0.25, 0.3) is 0 Å². The zero-order valence-corrected chi connectivity index (χ0v) is 4.41. The van der Waals surface area contributed by atoms with Crippen molar-refractivity contribution in [2.75, 3.05) is 13.1 Å². The summed E-state index contributed by atoms with van der Waals surface area (Å²) in [6, 6.07) is 0. The number of rotatable bonds is 0. The van der Waals surface area contributed by atoms with Crippen LogP contribution in [0.15, 0.2) is 0 Å². The molecule has 0 aromatic carbocycles. The molecule has 0 aliphatic carbocycles. The van der Waals surface area contributed by atoms with Gasteiger partial charge in [0.15, 0.2) is 0 Å². The topological polar surface area (TPSA) is 12.0 Å². The second kappa shape index (κ2) is 2.27. The van der Waals surface area contributed by atoms with Gasteiger partial charge in [-0.15, -0.1) is 0 Å². The van der Waals surface area contributed by atoms with Crippen LogP contribution in [0.4, 0.5) is 0 Å². The van der Waals surface area contributed by atoms with Crippen LogP contribution in [0, 0.1) is 0 Å². The molecule has 37 valence electrons. The second-order valence-electron chi connectivity index (χ2n) is 1.94. The third-order valence-corrected chi connectivity index (χ3v) is 1.20. The van der Waals surface area contributed by atoms with Crippen molar-refractivity contribution < 1.29 is 0 Å². The minimum atomic E-state index is 0.931. The Morgan fingerprint density at radius 3 is 2.71 bits per heavy atom. The summed E-state index contributed by atoms with van der Waals surface area (Å²) in [5.74, 6) is 0. The molecule has 1 saturated heterocycles. The number of hydrogen-bond acceptors (Lipinski definition) is 1. The Balaban J connectivity index is 2.25. The Hall–Kier alpha value is -0.105. The second-order valence-corrected chi connectivity index (χ2v) is 1.94. The van der Waals surface area contributed by atoms with E-state index in [9.17, 15) is 0 Å². The number of piperidine rings is 1. The summed E-state index contributed by atoms with van der Waals surface area (Å²) in [6.07, 6.45) is 2.33. The molecule has 0 atom stereocenters. The van der Waals surface area contributed by atoms with E-state index in [2.05, 4.69) is 5.32 Å². The fraction of sp³-hybridized carbons (Fsp3) is 0.800. The van der Waals surface area contributed by atoms with Gasteiger partial charge in [0.25, 0.3) is 0 Å². The van der Waals surface area contributed by atoms with Gasteiger partial charge in [0.1, 0.15) is 0 Å². The number of nitrogens with one attached hydrogen (secondary N) is 1. The SMILES string of the molecule is [B]=C1CCCNC1. The van der Waals surface area contributed by atoms with Crippen molar-refractivity contribution in [3.05, 3.63) is 0 Å². The molecule has 0 amide bonds. The summed E-state index contributed by atoms with van der Waals surface area (Å²) in [4.78, 5) is 0. The standard InChI is InChI=1S/C5H9BN/c6-5-2-1-3-7-4-5/h7H,1-4H2. The monoisotopic (exact) mass is 94.1 g/mol. The van der Waals surface area contributed by atoms with Gasteiger partial charge in [-0.3, -0.25) is 0 Å². The summed E-state index contributed by atoms with van der Waals surface area (Å²) in [6.45, 7) is 2.07. The van der Waals surface area contributed by atoms with E-state index in [1.165, 1.54) is 6.42 Å². The summed E-state index contributed by atoms with van der Waals surface area (Å²) < 4.78 is 0. The predicted molar refractivity (Wildman–Crippen MR) is 32.9 cm³/mol. The fourth-order valence-electron chi connectivity index (χ4n) is 0.778. The quantitative estimate of drug-likeness (QED) is 0.406. The van der Waals surface area contributed by atoms with Crippen molar-refractivity contribution in [3.63, 3.8) is 0 Å². The molecule has 0 saturated carbocycles. The summed E-state index contributed by atoms with van der Waals surface area (Å²) in [5, 5.41) is 3.17. The molecule has 1 nitrogen and oxygen atoms in total. The summed E-state index contributed by atoms with van der Waals surface area (Å²) in [7, 11) is 5.49. The van der Waals surface area contributed by atoms with E-state index < -0.39 is 0 Å². The molecule has 1 rings (SSSR count). The van der Waals surface area contributed by atoms with Crippen molar-refractivity contribution in [3.8, 4) is 0 Å². The molecule has 1 aliphatic rings. The summed E-state index contributed by atoms with van der Waals surface area (Å²) in [5.41, 5.74) is 1.10. The van der Waals surface area contributed by atoms with Crippen molar-refractivity contribution >= 4 is 13.0 Å². The van der Waals surface area contributed by atoms with Gasteiger partial charge in [0, 0.05) is 0 Å². The van der Waals surface area contributed by atoms with Gasteiger partial charge in [-0.1, -0.05) is 0 Å². The zero-order valence-electron chi connectivity index (χ0n) is 4.41. The maximum atomic E-state index is 5.49. The first-order valence-electron chi connectivity index (χ1n) is 2.70. The molecular formula is C5H9BN. The van der Waals surface area contributed by atoms with Gasteiger partial charge in [-0.05, 0) is 0 Å². The van der Waals surface area contributed by atoms with E-state index in [4.69, 9.17) is 7.49 Å². The van der Waals surface area contributed by atoms with Crippen LogP contribution in [0.3, 0.4) is 0 Å².